The standard InChI is InChI=1S/C18H34N4O2/c1-3-22-10-4-5-15(22)11-20-17(19)21-12-16-13-23-18(24-16)8-6-14(2)7-9-18/h14-16H,3-13H2,1-2H3,(H3,19,20,21). The van der Waals surface area contributed by atoms with E-state index in [1.54, 1.807) is 0 Å². The van der Waals surface area contributed by atoms with Crippen LogP contribution in [-0.4, -0.2) is 61.6 Å². The average Bonchev–Trinajstić information content (AvgIpc) is 3.21. The number of nitrogens with one attached hydrogen (secondary N) is 1. The molecular formula is C18H34N4O2. The lowest BCUT2D eigenvalue weighted by molar-refractivity contribution is -0.191. The van der Waals surface area contributed by atoms with Gasteiger partial charge in [0.05, 0.1) is 13.2 Å². The third kappa shape index (κ3) is 4.41. The van der Waals surface area contributed by atoms with Gasteiger partial charge in [0.2, 0.25) is 0 Å². The highest BCUT2D eigenvalue weighted by atomic mass is 16.7. The number of likely N-dealkylation sites (N-methyl/N-ethyl adjacent to an activating group) is 1. The van der Waals surface area contributed by atoms with E-state index in [0.29, 0.717) is 25.2 Å². The number of aliphatic imine (C=N–C) groups is 1. The van der Waals surface area contributed by atoms with Crippen molar-refractivity contribution in [2.75, 3.05) is 32.8 Å². The maximum atomic E-state index is 6.20. The molecule has 6 heteroatoms. The molecule has 0 aromatic rings. The third-order valence-electron chi connectivity index (χ3n) is 5.84. The molecule has 0 amide bonds. The van der Waals surface area contributed by atoms with E-state index in [4.69, 9.17) is 15.2 Å². The fraction of sp³-hybridized carbons (Fsp3) is 0.944. The zero-order valence-electron chi connectivity index (χ0n) is 15.3. The normalized spacial score (nSPS) is 38.1. The molecule has 0 bridgehead atoms. The molecule has 24 heavy (non-hydrogen) atoms. The molecule has 2 heterocycles. The van der Waals surface area contributed by atoms with Gasteiger partial charge in [0.1, 0.15) is 6.10 Å². The Kier molecular flexibility index (Phi) is 6.00. The van der Waals surface area contributed by atoms with E-state index >= 15 is 0 Å². The Morgan fingerprint density at radius 2 is 2.12 bits per heavy atom. The van der Waals surface area contributed by atoms with E-state index in [1.165, 1.54) is 32.2 Å². The first kappa shape index (κ1) is 18.0. The molecule has 3 aliphatic rings. The summed E-state index contributed by atoms with van der Waals surface area (Å²) in [6, 6.07) is 0.550. The predicted octanol–water partition coefficient (Wildman–Crippen LogP) is 1.70. The SMILES string of the molecule is CCN1CCCC1CN=C(N)NCC1COC2(CCC(C)CC2)O1. The average molecular weight is 338 g/mol. The number of nitrogens with zero attached hydrogens (tertiary/aromatic N) is 2. The van der Waals surface area contributed by atoms with Gasteiger partial charge >= 0.3 is 0 Å². The van der Waals surface area contributed by atoms with Crippen molar-refractivity contribution in [2.24, 2.45) is 16.6 Å². The molecule has 0 radical (unpaired) electrons. The first-order chi connectivity index (χ1) is 11.6. The van der Waals surface area contributed by atoms with Gasteiger partial charge in [-0.15, -0.1) is 0 Å². The fourth-order valence-electron chi connectivity index (χ4n) is 4.18. The Bertz CT molecular complexity index is 435. The van der Waals surface area contributed by atoms with E-state index in [1.807, 2.05) is 0 Å². The first-order valence-electron chi connectivity index (χ1n) is 9.70. The van der Waals surface area contributed by atoms with Crippen LogP contribution in [0.1, 0.15) is 52.4 Å². The Morgan fingerprint density at radius 3 is 2.88 bits per heavy atom. The Labute approximate surface area is 146 Å². The van der Waals surface area contributed by atoms with E-state index in [-0.39, 0.29) is 11.9 Å². The zero-order valence-corrected chi connectivity index (χ0v) is 15.3. The maximum Gasteiger partial charge on any atom is 0.188 e. The summed E-state index contributed by atoms with van der Waals surface area (Å²) in [4.78, 5) is 7.01. The van der Waals surface area contributed by atoms with Gasteiger partial charge in [-0.05, 0) is 44.7 Å². The van der Waals surface area contributed by atoms with E-state index in [0.717, 1.165) is 31.8 Å². The second kappa shape index (κ2) is 8.02. The van der Waals surface area contributed by atoms with Crippen molar-refractivity contribution in [3.05, 3.63) is 0 Å². The highest BCUT2D eigenvalue weighted by Gasteiger charge is 2.43. The molecule has 6 nitrogen and oxygen atoms in total. The summed E-state index contributed by atoms with van der Waals surface area (Å²) in [5, 5.41) is 3.22. The van der Waals surface area contributed by atoms with Gasteiger partial charge in [-0.1, -0.05) is 13.8 Å². The summed E-state index contributed by atoms with van der Waals surface area (Å²) in [7, 11) is 0. The van der Waals surface area contributed by atoms with Crippen LogP contribution in [0.25, 0.3) is 0 Å². The van der Waals surface area contributed by atoms with Gasteiger partial charge in [-0.3, -0.25) is 9.89 Å². The number of nitrogens with two attached hydrogens (primary N) is 1. The molecule has 138 valence electrons. The van der Waals surface area contributed by atoms with Crippen LogP contribution < -0.4 is 11.1 Å². The van der Waals surface area contributed by atoms with Crippen LogP contribution in [0, 0.1) is 5.92 Å². The smallest absolute Gasteiger partial charge is 0.188 e. The topological polar surface area (TPSA) is 72.1 Å². The summed E-state index contributed by atoms with van der Waals surface area (Å²) in [5.41, 5.74) is 6.03. The molecule has 1 saturated carbocycles. The Morgan fingerprint density at radius 1 is 1.33 bits per heavy atom. The number of hydrogen-bond acceptors (Lipinski definition) is 4. The van der Waals surface area contributed by atoms with Gasteiger partial charge in [0.15, 0.2) is 11.7 Å². The summed E-state index contributed by atoms with van der Waals surface area (Å²) in [6.07, 6.45) is 7.00. The molecule has 3 N–H and O–H groups in total. The summed E-state index contributed by atoms with van der Waals surface area (Å²) in [5.74, 6) is 0.997. The minimum Gasteiger partial charge on any atom is -0.370 e. The minimum absolute atomic E-state index is 0.0748. The highest BCUT2D eigenvalue weighted by molar-refractivity contribution is 5.77. The molecular weight excluding hydrogens is 304 g/mol. The van der Waals surface area contributed by atoms with E-state index in [9.17, 15) is 0 Å². The molecule has 1 aliphatic carbocycles. The second-order valence-electron chi connectivity index (χ2n) is 7.68. The van der Waals surface area contributed by atoms with Crippen LogP contribution in [-0.2, 0) is 9.47 Å². The Hall–Kier alpha value is -0.850. The first-order valence-corrected chi connectivity index (χ1v) is 9.70. The fourth-order valence-corrected chi connectivity index (χ4v) is 4.18. The number of rotatable bonds is 5. The minimum atomic E-state index is -0.323. The van der Waals surface area contributed by atoms with Gasteiger partial charge in [0, 0.05) is 25.4 Å². The Balaban J connectivity index is 1.39. The van der Waals surface area contributed by atoms with Gasteiger partial charge in [-0.2, -0.15) is 0 Å². The van der Waals surface area contributed by atoms with E-state index in [2.05, 4.69) is 29.1 Å². The van der Waals surface area contributed by atoms with Crippen molar-refractivity contribution in [3.8, 4) is 0 Å². The van der Waals surface area contributed by atoms with Crippen molar-refractivity contribution in [2.45, 2.75) is 70.3 Å². The van der Waals surface area contributed by atoms with Crippen LogP contribution in [0.2, 0.25) is 0 Å². The summed E-state index contributed by atoms with van der Waals surface area (Å²) in [6.45, 7) is 8.93. The zero-order chi connectivity index (χ0) is 17.0. The van der Waals surface area contributed by atoms with Gasteiger partial charge in [-0.25, -0.2) is 0 Å². The van der Waals surface area contributed by atoms with Crippen molar-refractivity contribution >= 4 is 5.96 Å². The quantitative estimate of drug-likeness (QED) is 0.590. The van der Waals surface area contributed by atoms with E-state index < -0.39 is 0 Å². The van der Waals surface area contributed by atoms with Crippen LogP contribution in [0.4, 0.5) is 0 Å². The van der Waals surface area contributed by atoms with Crippen molar-refractivity contribution < 1.29 is 9.47 Å². The predicted molar refractivity (Wildman–Crippen MR) is 95.9 cm³/mol. The molecule has 2 aliphatic heterocycles. The van der Waals surface area contributed by atoms with Gasteiger partial charge < -0.3 is 20.5 Å². The summed E-state index contributed by atoms with van der Waals surface area (Å²) >= 11 is 0. The summed E-state index contributed by atoms with van der Waals surface area (Å²) < 4.78 is 12.2. The third-order valence-corrected chi connectivity index (χ3v) is 5.84. The molecule has 3 fully saturated rings. The lowest BCUT2D eigenvalue weighted by Gasteiger charge is -2.34. The molecule has 3 rings (SSSR count). The monoisotopic (exact) mass is 338 g/mol. The molecule has 0 aromatic carbocycles. The lowest BCUT2D eigenvalue weighted by atomic mass is 9.86. The van der Waals surface area contributed by atoms with Crippen molar-refractivity contribution in [1.82, 2.24) is 10.2 Å². The van der Waals surface area contributed by atoms with Crippen molar-refractivity contribution in [3.63, 3.8) is 0 Å². The highest BCUT2D eigenvalue weighted by Crippen LogP contribution is 2.39. The number of ether oxygens (including phenoxy) is 2. The van der Waals surface area contributed by atoms with Crippen LogP contribution in [0.3, 0.4) is 0 Å². The number of guanidine groups is 1. The largest absolute Gasteiger partial charge is 0.370 e. The molecule has 1 spiro atoms. The van der Waals surface area contributed by atoms with Crippen LogP contribution >= 0.6 is 0 Å². The van der Waals surface area contributed by atoms with Gasteiger partial charge in [0.25, 0.3) is 0 Å². The van der Waals surface area contributed by atoms with Crippen LogP contribution in [0.5, 0.6) is 0 Å². The van der Waals surface area contributed by atoms with Crippen LogP contribution in [0.15, 0.2) is 4.99 Å². The second-order valence-corrected chi connectivity index (χ2v) is 7.68. The molecule has 2 atom stereocenters. The number of likely N-dealkylation sites (tertiary alicyclic amines) is 1. The lowest BCUT2D eigenvalue weighted by Crippen LogP contribution is -2.41. The van der Waals surface area contributed by atoms with Crippen molar-refractivity contribution in [1.29, 1.82) is 0 Å². The molecule has 0 aromatic heterocycles. The molecule has 2 unspecified atom stereocenters. The molecule has 2 saturated heterocycles. The maximum absolute atomic E-state index is 6.20. The number of hydrogen-bond donors (Lipinski definition) is 2.